The standard InChI is InChI=1S/C19H26N6O4/c1-18(23-16(28)13-9-25-6-2-5-21-17(25)22-13)12-19(29-11-14(18)26)3-7-24(8-4-19)10-15(20)27/h2,5-6,9,14,26H,3-4,7-8,10-12H2,1H3,(H2,20,27)(H,23,28)/t14-,18-/m1/s1. The molecular weight excluding hydrogens is 376 g/mol. The number of aliphatic hydroxyl groups is 1. The number of hydrogen-bond acceptors (Lipinski definition) is 7. The first-order valence-corrected chi connectivity index (χ1v) is 9.74. The molecule has 29 heavy (non-hydrogen) atoms. The number of hydrogen-bond donors (Lipinski definition) is 3. The lowest BCUT2D eigenvalue weighted by molar-refractivity contribution is -0.177. The highest BCUT2D eigenvalue weighted by atomic mass is 16.5. The molecule has 0 aliphatic carbocycles. The third kappa shape index (κ3) is 3.96. The Hall–Kier alpha value is -2.56. The predicted octanol–water partition coefficient (Wildman–Crippen LogP) is -0.681. The topological polar surface area (TPSA) is 135 Å². The lowest BCUT2D eigenvalue weighted by Crippen LogP contribution is -2.65. The largest absolute Gasteiger partial charge is 0.388 e. The van der Waals surface area contributed by atoms with E-state index in [1.807, 2.05) is 11.8 Å². The molecule has 0 radical (unpaired) electrons. The van der Waals surface area contributed by atoms with Gasteiger partial charge in [0.15, 0.2) is 0 Å². The second kappa shape index (κ2) is 7.36. The number of amides is 2. The summed E-state index contributed by atoms with van der Waals surface area (Å²) in [5.41, 5.74) is 4.23. The van der Waals surface area contributed by atoms with Gasteiger partial charge in [-0.3, -0.25) is 18.9 Å². The first-order chi connectivity index (χ1) is 13.8. The molecule has 0 unspecified atom stereocenters. The number of nitrogens with two attached hydrogens (primary N) is 1. The third-order valence-corrected chi connectivity index (χ3v) is 5.99. The zero-order valence-corrected chi connectivity index (χ0v) is 16.4. The van der Waals surface area contributed by atoms with E-state index in [-0.39, 0.29) is 30.7 Å². The fraction of sp³-hybridized carbons (Fsp3) is 0.579. The zero-order chi connectivity index (χ0) is 20.6. The van der Waals surface area contributed by atoms with Crippen molar-refractivity contribution in [3.63, 3.8) is 0 Å². The van der Waals surface area contributed by atoms with Gasteiger partial charge >= 0.3 is 0 Å². The number of nitrogens with zero attached hydrogens (tertiary/aromatic N) is 4. The maximum absolute atomic E-state index is 12.9. The average Bonchev–Trinajstić information content (AvgIpc) is 3.11. The number of ether oxygens (including phenoxy) is 1. The molecule has 10 heteroatoms. The lowest BCUT2D eigenvalue weighted by atomic mass is 9.74. The summed E-state index contributed by atoms with van der Waals surface area (Å²) in [4.78, 5) is 34.4. The van der Waals surface area contributed by atoms with Crippen molar-refractivity contribution in [2.24, 2.45) is 5.73 Å². The van der Waals surface area contributed by atoms with Gasteiger partial charge in [0.25, 0.3) is 5.91 Å². The van der Waals surface area contributed by atoms with Crippen LogP contribution in [0.25, 0.3) is 5.78 Å². The van der Waals surface area contributed by atoms with Gasteiger partial charge in [0, 0.05) is 38.1 Å². The highest BCUT2D eigenvalue weighted by molar-refractivity contribution is 5.93. The van der Waals surface area contributed by atoms with Crippen LogP contribution >= 0.6 is 0 Å². The highest BCUT2D eigenvalue weighted by Crippen LogP contribution is 2.39. The molecule has 2 fully saturated rings. The summed E-state index contributed by atoms with van der Waals surface area (Å²) in [6.45, 7) is 3.57. The Morgan fingerprint density at radius 1 is 1.41 bits per heavy atom. The minimum Gasteiger partial charge on any atom is -0.388 e. The Balaban J connectivity index is 1.47. The van der Waals surface area contributed by atoms with E-state index >= 15 is 0 Å². The van der Waals surface area contributed by atoms with Gasteiger partial charge in [0.1, 0.15) is 11.8 Å². The fourth-order valence-corrected chi connectivity index (χ4v) is 4.33. The summed E-state index contributed by atoms with van der Waals surface area (Å²) in [5, 5.41) is 13.6. The van der Waals surface area contributed by atoms with Crippen LogP contribution in [-0.2, 0) is 9.53 Å². The summed E-state index contributed by atoms with van der Waals surface area (Å²) in [7, 11) is 0. The Labute approximate surface area is 168 Å². The van der Waals surface area contributed by atoms with Crippen molar-refractivity contribution in [2.45, 2.75) is 43.4 Å². The maximum atomic E-state index is 12.9. The molecular formula is C19H26N6O4. The van der Waals surface area contributed by atoms with Crippen LogP contribution < -0.4 is 11.1 Å². The lowest BCUT2D eigenvalue weighted by Gasteiger charge is -2.51. The van der Waals surface area contributed by atoms with Gasteiger partial charge in [0.05, 0.1) is 24.3 Å². The number of fused-ring (bicyclic) bond motifs is 1. The summed E-state index contributed by atoms with van der Waals surface area (Å²) < 4.78 is 7.70. The second-order valence-corrected chi connectivity index (χ2v) is 8.25. The van der Waals surface area contributed by atoms with Crippen LogP contribution in [0.1, 0.15) is 36.7 Å². The molecule has 0 bridgehead atoms. The van der Waals surface area contributed by atoms with E-state index in [0.29, 0.717) is 38.1 Å². The SMILES string of the molecule is C[C@@]1(NC(=O)c2cn3cccnc3n2)CC2(CCN(CC(N)=O)CC2)OC[C@H]1O. The summed E-state index contributed by atoms with van der Waals surface area (Å²) >= 11 is 0. The first kappa shape index (κ1) is 19.7. The molecule has 4 rings (SSSR count). The maximum Gasteiger partial charge on any atom is 0.272 e. The van der Waals surface area contributed by atoms with Crippen molar-refractivity contribution in [1.29, 1.82) is 0 Å². The minimum absolute atomic E-state index is 0.138. The summed E-state index contributed by atoms with van der Waals surface area (Å²) in [5.74, 6) is -0.270. The quantitative estimate of drug-likeness (QED) is 0.616. The predicted molar refractivity (Wildman–Crippen MR) is 103 cm³/mol. The molecule has 2 aromatic rings. The molecule has 10 nitrogen and oxygen atoms in total. The van der Waals surface area contributed by atoms with Crippen LogP contribution in [0.2, 0.25) is 0 Å². The number of aliphatic hydroxyl groups excluding tert-OH is 1. The van der Waals surface area contributed by atoms with Crippen LogP contribution in [0.15, 0.2) is 24.7 Å². The molecule has 4 N–H and O–H groups in total. The van der Waals surface area contributed by atoms with Crippen LogP contribution in [0.5, 0.6) is 0 Å². The molecule has 2 atom stereocenters. The molecule has 156 valence electrons. The number of carbonyl (C=O) groups excluding carboxylic acids is 2. The van der Waals surface area contributed by atoms with Gasteiger partial charge in [-0.1, -0.05) is 0 Å². The first-order valence-electron chi connectivity index (χ1n) is 9.74. The molecule has 2 aliphatic rings. The van der Waals surface area contributed by atoms with Gasteiger partial charge in [-0.05, 0) is 25.8 Å². The molecule has 4 heterocycles. The van der Waals surface area contributed by atoms with Gasteiger partial charge in [0.2, 0.25) is 11.7 Å². The van der Waals surface area contributed by atoms with Crippen molar-refractivity contribution in [3.05, 3.63) is 30.4 Å². The van der Waals surface area contributed by atoms with Crippen LogP contribution in [0.3, 0.4) is 0 Å². The van der Waals surface area contributed by atoms with E-state index in [2.05, 4.69) is 15.3 Å². The molecule has 1 spiro atoms. The molecule has 2 aromatic heterocycles. The Morgan fingerprint density at radius 3 is 2.86 bits per heavy atom. The fourth-order valence-electron chi connectivity index (χ4n) is 4.33. The number of primary amides is 1. The Kier molecular flexibility index (Phi) is 5.01. The van der Waals surface area contributed by atoms with E-state index < -0.39 is 17.2 Å². The summed E-state index contributed by atoms with van der Waals surface area (Å²) in [6.07, 6.45) is 6.05. The smallest absolute Gasteiger partial charge is 0.272 e. The molecule has 0 aromatic carbocycles. The van der Waals surface area contributed by atoms with E-state index in [1.165, 1.54) is 0 Å². The van der Waals surface area contributed by atoms with Crippen molar-refractivity contribution in [1.82, 2.24) is 24.6 Å². The van der Waals surface area contributed by atoms with Crippen molar-refractivity contribution >= 4 is 17.6 Å². The van der Waals surface area contributed by atoms with E-state index in [1.54, 1.807) is 29.1 Å². The van der Waals surface area contributed by atoms with Crippen LogP contribution in [0, 0.1) is 0 Å². The van der Waals surface area contributed by atoms with Gasteiger partial charge in [-0.2, -0.15) is 0 Å². The third-order valence-electron chi connectivity index (χ3n) is 5.99. The van der Waals surface area contributed by atoms with Crippen molar-refractivity contribution < 1.29 is 19.4 Å². The van der Waals surface area contributed by atoms with Gasteiger partial charge in [-0.15, -0.1) is 0 Å². The number of likely N-dealkylation sites (tertiary alicyclic amines) is 1. The normalized spacial score (nSPS) is 27.2. The average molecular weight is 402 g/mol. The van der Waals surface area contributed by atoms with Crippen molar-refractivity contribution in [2.75, 3.05) is 26.2 Å². The molecule has 2 aliphatic heterocycles. The van der Waals surface area contributed by atoms with E-state index in [9.17, 15) is 14.7 Å². The van der Waals surface area contributed by atoms with Gasteiger partial charge in [-0.25, -0.2) is 9.97 Å². The van der Waals surface area contributed by atoms with Crippen LogP contribution in [0.4, 0.5) is 0 Å². The van der Waals surface area contributed by atoms with Crippen LogP contribution in [-0.4, -0.2) is 79.7 Å². The van der Waals surface area contributed by atoms with Crippen molar-refractivity contribution in [3.8, 4) is 0 Å². The second-order valence-electron chi connectivity index (χ2n) is 8.25. The highest BCUT2D eigenvalue weighted by Gasteiger charge is 2.50. The number of carbonyl (C=O) groups is 2. The van der Waals surface area contributed by atoms with Gasteiger partial charge < -0.3 is 20.9 Å². The summed E-state index contributed by atoms with van der Waals surface area (Å²) in [6, 6.07) is 1.76. The molecule has 2 saturated heterocycles. The Bertz CT molecular complexity index is 889. The minimum atomic E-state index is -0.857. The monoisotopic (exact) mass is 402 g/mol. The number of imidazole rings is 1. The Morgan fingerprint density at radius 2 is 2.17 bits per heavy atom. The molecule has 0 saturated carbocycles. The molecule has 2 amide bonds. The zero-order valence-electron chi connectivity index (χ0n) is 16.4. The number of rotatable bonds is 4. The number of piperidine rings is 1. The van der Waals surface area contributed by atoms with E-state index in [0.717, 1.165) is 0 Å². The number of nitrogens with one attached hydrogen (secondary N) is 1. The van der Waals surface area contributed by atoms with E-state index in [4.69, 9.17) is 10.5 Å². The number of aromatic nitrogens is 3.